The van der Waals surface area contributed by atoms with Gasteiger partial charge in [0.05, 0.1) is 13.7 Å². The Balaban J connectivity index is 1.79. The number of carbonyl (C=O) groups is 2. The highest BCUT2D eigenvalue weighted by atomic mass is 16.5. The number of aromatic nitrogens is 1. The number of rotatable bonds is 4. The smallest absolute Gasteiger partial charge is 0.254 e. The van der Waals surface area contributed by atoms with Crippen molar-refractivity contribution in [1.29, 1.82) is 0 Å². The molecule has 0 bridgehead atoms. The maximum atomic E-state index is 12.6. The van der Waals surface area contributed by atoms with Crippen molar-refractivity contribution in [2.24, 2.45) is 0 Å². The van der Waals surface area contributed by atoms with Crippen molar-refractivity contribution in [2.45, 2.75) is 6.42 Å². The lowest BCUT2D eigenvalue weighted by atomic mass is 10.1. The predicted octanol–water partition coefficient (Wildman–Crippen LogP) is 1.25. The summed E-state index contributed by atoms with van der Waals surface area (Å²) in [5, 5.41) is 2.72. The zero-order valence-corrected chi connectivity index (χ0v) is 13.5. The molecule has 1 saturated heterocycles. The second-order valence-electron chi connectivity index (χ2n) is 5.60. The van der Waals surface area contributed by atoms with Crippen LogP contribution in [0.4, 0.5) is 0 Å². The van der Waals surface area contributed by atoms with Crippen LogP contribution in [0.25, 0.3) is 0 Å². The van der Waals surface area contributed by atoms with Gasteiger partial charge in [-0.25, -0.2) is 0 Å². The second-order valence-corrected chi connectivity index (χ2v) is 5.60. The van der Waals surface area contributed by atoms with E-state index < -0.39 is 0 Å². The summed E-state index contributed by atoms with van der Waals surface area (Å²) in [7, 11) is 1.63. The minimum atomic E-state index is -0.145. The van der Waals surface area contributed by atoms with Crippen LogP contribution in [0.2, 0.25) is 0 Å². The third-order valence-electron chi connectivity index (χ3n) is 3.95. The Hall–Kier alpha value is -2.89. The summed E-state index contributed by atoms with van der Waals surface area (Å²) in [5.41, 5.74) is 2.34. The largest absolute Gasteiger partial charge is 0.496 e. The number of hydrogen-bond donors (Lipinski definition) is 1. The lowest BCUT2D eigenvalue weighted by Crippen LogP contribution is -2.49. The zero-order chi connectivity index (χ0) is 16.9. The molecule has 0 atom stereocenters. The molecule has 3 rings (SSSR count). The van der Waals surface area contributed by atoms with E-state index in [0.717, 1.165) is 17.0 Å². The van der Waals surface area contributed by atoms with Crippen LogP contribution < -0.4 is 10.1 Å². The number of hydrogen-bond acceptors (Lipinski definition) is 4. The summed E-state index contributed by atoms with van der Waals surface area (Å²) < 4.78 is 5.35. The predicted molar refractivity (Wildman–Crippen MR) is 89.0 cm³/mol. The van der Waals surface area contributed by atoms with Crippen molar-refractivity contribution in [3.8, 4) is 5.75 Å². The summed E-state index contributed by atoms with van der Waals surface area (Å²) in [6.45, 7) is 1.11. The van der Waals surface area contributed by atoms with E-state index >= 15 is 0 Å². The zero-order valence-electron chi connectivity index (χ0n) is 13.5. The summed E-state index contributed by atoms with van der Waals surface area (Å²) in [4.78, 5) is 29.9. The second kappa shape index (κ2) is 7.12. The quantitative estimate of drug-likeness (QED) is 0.918. The SMILES string of the molecule is COc1ccccc1Cc1cc(C(=O)N2CCNC(=O)C2)ccn1. The van der Waals surface area contributed by atoms with Crippen LogP contribution in [-0.4, -0.2) is 48.4 Å². The van der Waals surface area contributed by atoms with Gasteiger partial charge < -0.3 is 15.0 Å². The van der Waals surface area contributed by atoms with Crippen molar-refractivity contribution in [2.75, 3.05) is 26.7 Å². The fourth-order valence-electron chi connectivity index (χ4n) is 2.75. The normalized spacial score (nSPS) is 14.2. The summed E-state index contributed by atoms with van der Waals surface area (Å²) in [6, 6.07) is 11.2. The van der Waals surface area contributed by atoms with Gasteiger partial charge in [0.2, 0.25) is 5.91 Å². The van der Waals surface area contributed by atoms with Crippen LogP contribution in [0.3, 0.4) is 0 Å². The fraction of sp³-hybridized carbons (Fsp3) is 0.278. The molecule has 0 spiro atoms. The monoisotopic (exact) mass is 325 g/mol. The van der Waals surface area contributed by atoms with Crippen LogP contribution >= 0.6 is 0 Å². The molecule has 2 heterocycles. The number of piperazine rings is 1. The molecule has 6 heteroatoms. The molecule has 6 nitrogen and oxygen atoms in total. The van der Waals surface area contributed by atoms with Gasteiger partial charge in [-0.1, -0.05) is 18.2 Å². The number of para-hydroxylation sites is 1. The first-order valence-corrected chi connectivity index (χ1v) is 7.80. The van der Waals surface area contributed by atoms with Gasteiger partial charge in [-0.2, -0.15) is 0 Å². The first kappa shape index (κ1) is 16.0. The van der Waals surface area contributed by atoms with Crippen molar-refractivity contribution >= 4 is 11.8 Å². The standard InChI is InChI=1S/C18H19N3O3/c1-24-16-5-3-2-4-13(16)10-15-11-14(6-7-19-15)18(23)21-9-8-20-17(22)12-21/h2-7,11H,8-10,12H2,1H3,(H,20,22). The molecule has 24 heavy (non-hydrogen) atoms. The van der Waals surface area contributed by atoms with Crippen LogP contribution in [0.15, 0.2) is 42.6 Å². The van der Waals surface area contributed by atoms with Gasteiger partial charge in [0.15, 0.2) is 0 Å². The molecule has 2 amide bonds. The van der Waals surface area contributed by atoms with Gasteiger partial charge in [0.1, 0.15) is 5.75 Å². The van der Waals surface area contributed by atoms with Gasteiger partial charge in [-0.3, -0.25) is 14.6 Å². The Morgan fingerprint density at radius 2 is 2.17 bits per heavy atom. The molecule has 0 radical (unpaired) electrons. The Labute approximate surface area is 140 Å². The number of pyridine rings is 1. The van der Waals surface area contributed by atoms with Crippen molar-refractivity contribution in [1.82, 2.24) is 15.2 Å². The topological polar surface area (TPSA) is 71.5 Å². The highest BCUT2D eigenvalue weighted by Gasteiger charge is 2.22. The minimum absolute atomic E-state index is 0.100. The number of benzene rings is 1. The third-order valence-corrected chi connectivity index (χ3v) is 3.95. The van der Waals surface area contributed by atoms with Gasteiger partial charge in [0.25, 0.3) is 5.91 Å². The molecule has 1 aromatic heterocycles. The Morgan fingerprint density at radius 1 is 1.33 bits per heavy atom. The molecule has 1 N–H and O–H groups in total. The number of carbonyl (C=O) groups excluding carboxylic acids is 2. The van der Waals surface area contributed by atoms with E-state index in [0.29, 0.717) is 25.1 Å². The van der Waals surface area contributed by atoms with E-state index in [4.69, 9.17) is 4.74 Å². The lowest BCUT2D eigenvalue weighted by molar-refractivity contribution is -0.123. The van der Waals surface area contributed by atoms with Crippen LogP contribution in [0.5, 0.6) is 5.75 Å². The Kier molecular flexibility index (Phi) is 4.74. The number of methoxy groups -OCH3 is 1. The van der Waals surface area contributed by atoms with Gasteiger partial charge in [-0.15, -0.1) is 0 Å². The molecular formula is C18H19N3O3. The molecule has 124 valence electrons. The van der Waals surface area contributed by atoms with Gasteiger partial charge >= 0.3 is 0 Å². The van der Waals surface area contributed by atoms with Gasteiger partial charge in [0, 0.05) is 42.5 Å². The van der Waals surface area contributed by atoms with Crippen LogP contribution in [0, 0.1) is 0 Å². The maximum Gasteiger partial charge on any atom is 0.254 e. The first-order valence-electron chi connectivity index (χ1n) is 7.80. The number of ether oxygens (including phenoxy) is 1. The number of amides is 2. The molecule has 0 saturated carbocycles. The Morgan fingerprint density at radius 3 is 2.96 bits per heavy atom. The summed E-state index contributed by atoms with van der Waals surface area (Å²) in [5.74, 6) is 0.523. The highest BCUT2D eigenvalue weighted by Crippen LogP contribution is 2.20. The molecule has 0 aliphatic carbocycles. The molecule has 1 aliphatic heterocycles. The molecular weight excluding hydrogens is 306 g/mol. The van der Waals surface area contributed by atoms with Crippen molar-refractivity contribution in [3.63, 3.8) is 0 Å². The van der Waals surface area contributed by atoms with Crippen LogP contribution in [-0.2, 0) is 11.2 Å². The van der Waals surface area contributed by atoms with E-state index in [1.165, 1.54) is 0 Å². The Bertz CT molecular complexity index is 761. The lowest BCUT2D eigenvalue weighted by Gasteiger charge is -2.26. The molecule has 1 aromatic carbocycles. The third kappa shape index (κ3) is 3.53. The van der Waals surface area contributed by atoms with E-state index in [1.54, 1.807) is 30.3 Å². The fourth-order valence-corrected chi connectivity index (χ4v) is 2.75. The van der Waals surface area contributed by atoms with E-state index in [9.17, 15) is 9.59 Å². The van der Waals surface area contributed by atoms with E-state index in [-0.39, 0.29) is 18.4 Å². The van der Waals surface area contributed by atoms with E-state index in [1.807, 2.05) is 24.3 Å². The molecule has 0 unspecified atom stereocenters. The van der Waals surface area contributed by atoms with Gasteiger partial charge in [-0.05, 0) is 18.2 Å². The first-order chi connectivity index (χ1) is 11.7. The highest BCUT2D eigenvalue weighted by molar-refractivity contribution is 5.97. The summed E-state index contributed by atoms with van der Waals surface area (Å²) in [6.07, 6.45) is 2.20. The average Bonchev–Trinajstić information content (AvgIpc) is 2.62. The number of nitrogens with one attached hydrogen (secondary N) is 1. The van der Waals surface area contributed by atoms with Crippen molar-refractivity contribution < 1.29 is 14.3 Å². The molecule has 2 aromatic rings. The average molecular weight is 325 g/mol. The van der Waals surface area contributed by atoms with E-state index in [2.05, 4.69) is 10.3 Å². The number of nitrogens with zero attached hydrogens (tertiary/aromatic N) is 2. The maximum absolute atomic E-state index is 12.6. The molecule has 1 aliphatic rings. The molecule has 1 fully saturated rings. The van der Waals surface area contributed by atoms with Crippen molar-refractivity contribution in [3.05, 3.63) is 59.4 Å². The minimum Gasteiger partial charge on any atom is -0.496 e. The summed E-state index contributed by atoms with van der Waals surface area (Å²) >= 11 is 0. The van der Waals surface area contributed by atoms with Crippen LogP contribution in [0.1, 0.15) is 21.6 Å².